The van der Waals surface area contributed by atoms with E-state index in [-0.39, 0.29) is 34.8 Å². The molecule has 1 N–H and O–H groups in total. The number of nitrogens with zero attached hydrogens (tertiary/aromatic N) is 1. The van der Waals surface area contributed by atoms with Crippen LogP contribution in [0.25, 0.3) is 11.1 Å². The van der Waals surface area contributed by atoms with Crippen molar-refractivity contribution >= 4 is 21.7 Å². The number of hydrogen-bond acceptors (Lipinski definition) is 5. The Morgan fingerprint density at radius 2 is 1.90 bits per heavy atom. The van der Waals surface area contributed by atoms with Crippen LogP contribution in [-0.4, -0.2) is 44.9 Å². The first-order valence-corrected chi connectivity index (χ1v) is 10.2. The van der Waals surface area contributed by atoms with Crippen molar-refractivity contribution in [3.8, 4) is 11.1 Å². The van der Waals surface area contributed by atoms with Crippen molar-refractivity contribution in [2.45, 2.75) is 24.0 Å². The average molecular weight is 428 g/mol. The van der Waals surface area contributed by atoms with Gasteiger partial charge in [-0.15, -0.1) is 0 Å². The molecule has 1 atom stereocenters. The van der Waals surface area contributed by atoms with Gasteiger partial charge >= 0.3 is 12.1 Å². The lowest BCUT2D eigenvalue weighted by atomic mass is 9.99. The lowest BCUT2D eigenvalue weighted by Gasteiger charge is -2.24. The third-order valence-corrected chi connectivity index (χ3v) is 6.76. The van der Waals surface area contributed by atoms with Crippen LogP contribution in [0.2, 0.25) is 0 Å². The zero-order chi connectivity index (χ0) is 21.4. The summed E-state index contributed by atoms with van der Waals surface area (Å²) >= 11 is 0. The summed E-state index contributed by atoms with van der Waals surface area (Å²) in [6, 6.07) is 8.02. The highest BCUT2D eigenvalue weighted by Gasteiger charge is 2.37. The molecule has 0 radical (unpaired) electrons. The molecule has 0 amide bonds. The maximum Gasteiger partial charge on any atom is 0.417 e. The number of methoxy groups -OCH3 is 1. The second-order valence-corrected chi connectivity index (χ2v) is 8.35. The van der Waals surface area contributed by atoms with Crippen molar-refractivity contribution in [3.05, 3.63) is 48.0 Å². The van der Waals surface area contributed by atoms with Gasteiger partial charge in [0.1, 0.15) is 10.9 Å². The summed E-state index contributed by atoms with van der Waals surface area (Å²) in [6.07, 6.45) is -4.55. The second kappa shape index (κ2) is 7.68. The predicted octanol–water partition coefficient (Wildman–Crippen LogP) is 3.35. The van der Waals surface area contributed by atoms with Crippen LogP contribution in [0.15, 0.2) is 47.4 Å². The zero-order valence-corrected chi connectivity index (χ0v) is 16.5. The Bertz CT molecular complexity index is 1040. The van der Waals surface area contributed by atoms with Crippen molar-refractivity contribution in [1.82, 2.24) is 4.31 Å². The van der Waals surface area contributed by atoms with Gasteiger partial charge in [-0.2, -0.15) is 17.5 Å². The summed E-state index contributed by atoms with van der Waals surface area (Å²) < 4.78 is 71.8. The van der Waals surface area contributed by atoms with Crippen LogP contribution in [0.5, 0.6) is 0 Å². The summed E-state index contributed by atoms with van der Waals surface area (Å²) in [5.41, 5.74) is -0.448. The number of rotatable bonds is 3. The minimum Gasteiger partial charge on any atom is -0.468 e. The number of sulfonamides is 1. The first-order chi connectivity index (χ1) is 13.6. The van der Waals surface area contributed by atoms with Gasteiger partial charge in [0.05, 0.1) is 18.4 Å². The Morgan fingerprint density at radius 3 is 2.55 bits per heavy atom. The van der Waals surface area contributed by atoms with Crippen molar-refractivity contribution in [2.75, 3.05) is 25.5 Å². The van der Waals surface area contributed by atoms with E-state index in [1.54, 1.807) is 0 Å². The summed E-state index contributed by atoms with van der Waals surface area (Å²) in [6.45, 7) is 1.60. The molecule has 0 aliphatic carbocycles. The summed E-state index contributed by atoms with van der Waals surface area (Å²) in [5.74, 6) is -0.701. The van der Waals surface area contributed by atoms with Crippen molar-refractivity contribution < 1.29 is 31.1 Å². The Balaban J connectivity index is 2.09. The number of halogens is 3. The van der Waals surface area contributed by atoms with Crippen LogP contribution in [0.1, 0.15) is 12.5 Å². The number of alkyl halides is 3. The number of anilines is 1. The SMILES string of the molecule is COC(=O)[C@@H](C)N1CCNc2cc(-c3ccccc3C(F)(F)F)ccc2S1(=O)=O. The van der Waals surface area contributed by atoms with Crippen LogP contribution < -0.4 is 5.32 Å². The third-order valence-electron chi connectivity index (χ3n) is 4.73. The van der Waals surface area contributed by atoms with E-state index < -0.39 is 33.8 Å². The minimum absolute atomic E-state index is 0.00174. The monoisotopic (exact) mass is 428 g/mol. The number of fused-ring (bicyclic) bond motifs is 1. The standard InChI is InChI=1S/C19H19F3N2O4S/c1-12(18(25)28-2)24-10-9-23-16-11-13(7-8-17(16)29(24,26)27)14-5-3-4-6-15(14)19(20,21)22/h3-8,11-12,23H,9-10H2,1-2H3/t12-/m1/s1. The van der Waals surface area contributed by atoms with Gasteiger partial charge in [-0.1, -0.05) is 24.3 Å². The first-order valence-electron chi connectivity index (χ1n) is 8.71. The number of carbonyl (C=O) groups excluding carboxylic acids is 1. The zero-order valence-electron chi connectivity index (χ0n) is 15.7. The number of carbonyl (C=O) groups is 1. The number of hydrogen-bond donors (Lipinski definition) is 1. The molecule has 10 heteroatoms. The maximum atomic E-state index is 13.3. The van der Waals surface area contributed by atoms with Crippen LogP contribution in [0, 0.1) is 0 Å². The van der Waals surface area contributed by atoms with E-state index in [1.807, 2.05) is 0 Å². The molecule has 0 fully saturated rings. The normalized spacial score (nSPS) is 17.6. The molecule has 0 saturated carbocycles. The number of benzene rings is 2. The van der Waals surface area contributed by atoms with Crippen LogP contribution >= 0.6 is 0 Å². The molecule has 0 bridgehead atoms. The molecule has 1 aliphatic heterocycles. The topological polar surface area (TPSA) is 75.7 Å². The molecule has 29 heavy (non-hydrogen) atoms. The lowest BCUT2D eigenvalue weighted by molar-refractivity contribution is -0.144. The smallest absolute Gasteiger partial charge is 0.417 e. The molecular formula is C19H19F3N2O4S. The molecular weight excluding hydrogens is 409 g/mol. The van der Waals surface area contributed by atoms with Gasteiger partial charge in [-0.3, -0.25) is 4.79 Å². The van der Waals surface area contributed by atoms with E-state index in [4.69, 9.17) is 0 Å². The van der Waals surface area contributed by atoms with E-state index >= 15 is 0 Å². The van der Waals surface area contributed by atoms with Crippen LogP contribution in [-0.2, 0) is 25.7 Å². The van der Waals surface area contributed by atoms with E-state index in [9.17, 15) is 26.4 Å². The average Bonchev–Trinajstić information content (AvgIpc) is 2.81. The fraction of sp³-hybridized carbons (Fsp3) is 0.316. The molecule has 156 valence electrons. The van der Waals surface area contributed by atoms with Gasteiger partial charge in [0.25, 0.3) is 0 Å². The summed E-state index contributed by atoms with van der Waals surface area (Å²) in [5, 5.41) is 2.94. The second-order valence-electron chi connectivity index (χ2n) is 6.50. The van der Waals surface area contributed by atoms with Gasteiger partial charge in [-0.25, -0.2) is 8.42 Å². The van der Waals surface area contributed by atoms with Crippen LogP contribution in [0.3, 0.4) is 0 Å². The Morgan fingerprint density at radius 1 is 1.21 bits per heavy atom. The number of ether oxygens (including phenoxy) is 1. The highest BCUT2D eigenvalue weighted by molar-refractivity contribution is 7.89. The first kappa shape index (κ1) is 21.1. The van der Waals surface area contributed by atoms with Gasteiger partial charge in [-0.05, 0) is 36.2 Å². The summed E-state index contributed by atoms with van der Waals surface area (Å²) in [4.78, 5) is 11.7. The van der Waals surface area contributed by atoms with Crippen molar-refractivity contribution in [1.29, 1.82) is 0 Å². The highest BCUT2D eigenvalue weighted by Crippen LogP contribution is 2.39. The van der Waals surface area contributed by atoms with Gasteiger partial charge in [0.15, 0.2) is 0 Å². The molecule has 0 saturated heterocycles. The molecule has 0 unspecified atom stereocenters. The number of nitrogens with one attached hydrogen (secondary N) is 1. The highest BCUT2D eigenvalue weighted by atomic mass is 32.2. The fourth-order valence-corrected chi connectivity index (χ4v) is 5.02. The van der Waals surface area contributed by atoms with Crippen molar-refractivity contribution in [2.24, 2.45) is 0 Å². The van der Waals surface area contributed by atoms with Crippen molar-refractivity contribution in [3.63, 3.8) is 0 Å². The maximum absolute atomic E-state index is 13.3. The molecule has 1 heterocycles. The van der Waals surface area contributed by atoms with E-state index in [2.05, 4.69) is 10.1 Å². The molecule has 6 nitrogen and oxygen atoms in total. The van der Waals surface area contributed by atoms with Gasteiger partial charge < -0.3 is 10.1 Å². The van der Waals surface area contributed by atoms with Gasteiger partial charge in [0.2, 0.25) is 10.0 Å². The molecule has 2 aromatic rings. The third kappa shape index (κ3) is 3.95. The van der Waals surface area contributed by atoms with Crippen LogP contribution in [0.4, 0.5) is 18.9 Å². The van der Waals surface area contributed by atoms with Gasteiger partial charge in [0, 0.05) is 13.1 Å². The largest absolute Gasteiger partial charge is 0.468 e. The molecule has 0 aromatic heterocycles. The fourth-order valence-electron chi connectivity index (χ4n) is 3.28. The molecule has 1 aliphatic rings. The van der Waals surface area contributed by atoms with E-state index in [0.717, 1.165) is 10.4 Å². The van der Waals surface area contributed by atoms with E-state index in [0.29, 0.717) is 0 Å². The molecule has 0 spiro atoms. The number of esters is 1. The molecule has 3 rings (SSSR count). The Labute approximate surface area is 166 Å². The Hall–Kier alpha value is -2.59. The lowest BCUT2D eigenvalue weighted by Crippen LogP contribution is -2.44. The summed E-state index contributed by atoms with van der Waals surface area (Å²) in [7, 11) is -2.90. The Kier molecular flexibility index (Phi) is 5.59. The van der Waals surface area contributed by atoms with E-state index in [1.165, 1.54) is 50.4 Å². The minimum atomic E-state index is -4.55. The predicted molar refractivity (Wildman–Crippen MR) is 101 cm³/mol. The quantitative estimate of drug-likeness (QED) is 0.759. The molecule has 2 aromatic carbocycles.